The standard InChI is InChI=1S/C22H28ClN5O2/c1-24-22(25-10-9-17-7-8-20(23)26-15-17)27-16-19(18-5-3-2-4-6-18)21(29)28-11-13-30-14-12-28/h2-8,15,19H,9-14,16H2,1H3,(H2,24,25,27). The molecule has 2 heterocycles. The van der Waals surface area contributed by atoms with Crippen LogP contribution in [0.2, 0.25) is 5.15 Å². The number of hydrogen-bond donors (Lipinski definition) is 2. The summed E-state index contributed by atoms with van der Waals surface area (Å²) in [5.74, 6) is 0.482. The maximum atomic E-state index is 13.2. The molecule has 7 nitrogen and oxygen atoms in total. The number of amides is 1. The van der Waals surface area contributed by atoms with Crippen LogP contribution in [0.5, 0.6) is 0 Å². The van der Waals surface area contributed by atoms with Gasteiger partial charge < -0.3 is 20.3 Å². The van der Waals surface area contributed by atoms with E-state index < -0.39 is 0 Å². The number of nitrogens with zero attached hydrogens (tertiary/aromatic N) is 3. The molecule has 1 saturated heterocycles. The number of benzene rings is 1. The first kappa shape index (κ1) is 22.1. The van der Waals surface area contributed by atoms with E-state index in [0.29, 0.717) is 50.5 Å². The van der Waals surface area contributed by atoms with E-state index in [1.807, 2.05) is 41.3 Å². The molecule has 1 aromatic carbocycles. The number of carbonyl (C=O) groups excluding carboxylic acids is 1. The molecule has 0 bridgehead atoms. The van der Waals surface area contributed by atoms with Crippen molar-refractivity contribution in [3.63, 3.8) is 0 Å². The van der Waals surface area contributed by atoms with Crippen molar-refractivity contribution in [2.45, 2.75) is 12.3 Å². The number of ether oxygens (including phenoxy) is 1. The molecule has 3 rings (SSSR count). The highest BCUT2D eigenvalue weighted by atomic mass is 35.5. The van der Waals surface area contributed by atoms with Crippen molar-refractivity contribution in [2.24, 2.45) is 4.99 Å². The Labute approximate surface area is 182 Å². The van der Waals surface area contributed by atoms with Crippen molar-refractivity contribution >= 4 is 23.5 Å². The van der Waals surface area contributed by atoms with E-state index in [2.05, 4.69) is 20.6 Å². The maximum Gasteiger partial charge on any atom is 0.232 e. The van der Waals surface area contributed by atoms with Gasteiger partial charge in [-0.15, -0.1) is 0 Å². The second kappa shape index (κ2) is 11.5. The molecule has 1 fully saturated rings. The zero-order valence-corrected chi connectivity index (χ0v) is 17.9. The Hall–Kier alpha value is -2.64. The van der Waals surface area contributed by atoms with Crippen molar-refractivity contribution in [1.29, 1.82) is 0 Å². The van der Waals surface area contributed by atoms with Crippen LogP contribution >= 0.6 is 11.6 Å². The molecule has 2 N–H and O–H groups in total. The van der Waals surface area contributed by atoms with Gasteiger partial charge in [0.15, 0.2) is 5.96 Å². The third-order valence-corrected chi connectivity index (χ3v) is 5.24. The number of pyridine rings is 1. The van der Waals surface area contributed by atoms with Gasteiger partial charge in [-0.2, -0.15) is 0 Å². The molecule has 1 atom stereocenters. The molecule has 1 amide bonds. The lowest BCUT2D eigenvalue weighted by molar-refractivity contribution is -0.136. The van der Waals surface area contributed by atoms with Gasteiger partial charge in [-0.05, 0) is 23.6 Å². The molecule has 0 aliphatic carbocycles. The van der Waals surface area contributed by atoms with Crippen molar-refractivity contribution in [1.82, 2.24) is 20.5 Å². The van der Waals surface area contributed by atoms with Crippen LogP contribution in [0.25, 0.3) is 0 Å². The smallest absolute Gasteiger partial charge is 0.232 e. The first-order valence-corrected chi connectivity index (χ1v) is 10.5. The van der Waals surface area contributed by atoms with Crippen LogP contribution in [0.15, 0.2) is 53.7 Å². The zero-order chi connectivity index (χ0) is 21.2. The first-order valence-electron chi connectivity index (χ1n) is 10.1. The van der Waals surface area contributed by atoms with Crippen LogP contribution in [-0.4, -0.2) is 68.2 Å². The van der Waals surface area contributed by atoms with Gasteiger partial charge in [-0.1, -0.05) is 48.0 Å². The van der Waals surface area contributed by atoms with E-state index >= 15 is 0 Å². The summed E-state index contributed by atoms with van der Waals surface area (Å²) < 4.78 is 5.39. The second-order valence-corrected chi connectivity index (χ2v) is 7.41. The van der Waals surface area contributed by atoms with Crippen molar-refractivity contribution in [3.05, 3.63) is 64.9 Å². The summed E-state index contributed by atoms with van der Waals surface area (Å²) in [5.41, 5.74) is 2.08. The SMILES string of the molecule is CN=C(NCCc1ccc(Cl)nc1)NCC(C(=O)N1CCOCC1)c1ccccc1. The topological polar surface area (TPSA) is 78.8 Å². The largest absolute Gasteiger partial charge is 0.378 e. The fourth-order valence-electron chi connectivity index (χ4n) is 3.34. The maximum absolute atomic E-state index is 13.2. The van der Waals surface area contributed by atoms with Crippen molar-refractivity contribution < 1.29 is 9.53 Å². The summed E-state index contributed by atoms with van der Waals surface area (Å²) in [4.78, 5) is 23.4. The number of hydrogen-bond acceptors (Lipinski definition) is 4. The molecule has 1 unspecified atom stereocenters. The molecular formula is C22H28ClN5O2. The predicted molar refractivity (Wildman–Crippen MR) is 119 cm³/mol. The summed E-state index contributed by atoms with van der Waals surface area (Å²) in [5, 5.41) is 7.08. The lowest BCUT2D eigenvalue weighted by Crippen LogP contribution is -2.47. The lowest BCUT2D eigenvalue weighted by Gasteiger charge is -2.31. The lowest BCUT2D eigenvalue weighted by atomic mass is 9.97. The third-order valence-electron chi connectivity index (χ3n) is 5.01. The van der Waals surface area contributed by atoms with E-state index in [0.717, 1.165) is 17.5 Å². The van der Waals surface area contributed by atoms with Crippen LogP contribution in [-0.2, 0) is 16.0 Å². The van der Waals surface area contributed by atoms with Gasteiger partial charge in [0, 0.05) is 39.4 Å². The number of aliphatic imine (C=N–C) groups is 1. The Kier molecular flexibility index (Phi) is 8.47. The highest BCUT2D eigenvalue weighted by Gasteiger charge is 2.27. The molecule has 0 radical (unpaired) electrons. The number of aromatic nitrogens is 1. The number of nitrogens with one attached hydrogen (secondary N) is 2. The Morgan fingerprint density at radius 2 is 1.97 bits per heavy atom. The van der Waals surface area contributed by atoms with Gasteiger partial charge in [-0.3, -0.25) is 9.79 Å². The molecule has 30 heavy (non-hydrogen) atoms. The Balaban J connectivity index is 1.57. The average Bonchev–Trinajstić information content (AvgIpc) is 2.80. The summed E-state index contributed by atoms with van der Waals surface area (Å²) >= 11 is 5.83. The van der Waals surface area contributed by atoms with E-state index in [1.165, 1.54) is 0 Å². The number of morpholine rings is 1. The zero-order valence-electron chi connectivity index (χ0n) is 17.2. The third kappa shape index (κ3) is 6.43. The van der Waals surface area contributed by atoms with Gasteiger partial charge in [0.05, 0.1) is 19.1 Å². The molecule has 1 aliphatic rings. The minimum atomic E-state index is -0.289. The van der Waals surface area contributed by atoms with Crippen LogP contribution in [0.3, 0.4) is 0 Å². The van der Waals surface area contributed by atoms with Gasteiger partial charge in [0.25, 0.3) is 0 Å². The predicted octanol–water partition coefficient (Wildman–Crippen LogP) is 2.09. The average molecular weight is 430 g/mol. The van der Waals surface area contributed by atoms with E-state index in [4.69, 9.17) is 16.3 Å². The molecule has 160 valence electrons. The molecule has 0 spiro atoms. The molecule has 1 aromatic heterocycles. The van der Waals surface area contributed by atoms with E-state index in [-0.39, 0.29) is 11.8 Å². The fourth-order valence-corrected chi connectivity index (χ4v) is 3.45. The summed E-state index contributed by atoms with van der Waals surface area (Å²) in [6, 6.07) is 13.6. The molecule has 0 saturated carbocycles. The molecule has 1 aliphatic heterocycles. The Morgan fingerprint density at radius 1 is 1.20 bits per heavy atom. The van der Waals surface area contributed by atoms with Crippen LogP contribution in [0, 0.1) is 0 Å². The Morgan fingerprint density at radius 3 is 2.63 bits per heavy atom. The van der Waals surface area contributed by atoms with E-state index in [9.17, 15) is 4.79 Å². The van der Waals surface area contributed by atoms with Crippen molar-refractivity contribution in [3.8, 4) is 0 Å². The minimum Gasteiger partial charge on any atom is -0.378 e. The van der Waals surface area contributed by atoms with E-state index in [1.54, 1.807) is 19.3 Å². The highest BCUT2D eigenvalue weighted by Crippen LogP contribution is 2.18. The fraction of sp³-hybridized carbons (Fsp3) is 0.409. The molecule has 2 aromatic rings. The number of halogens is 1. The van der Waals surface area contributed by atoms with Crippen LogP contribution in [0.1, 0.15) is 17.0 Å². The highest BCUT2D eigenvalue weighted by molar-refractivity contribution is 6.29. The minimum absolute atomic E-state index is 0.111. The van der Waals surface area contributed by atoms with Gasteiger partial charge in [0.2, 0.25) is 5.91 Å². The summed E-state index contributed by atoms with van der Waals surface area (Å²) in [7, 11) is 1.72. The number of carbonyl (C=O) groups is 1. The second-order valence-electron chi connectivity index (χ2n) is 7.02. The number of guanidine groups is 1. The van der Waals surface area contributed by atoms with Crippen LogP contribution in [0.4, 0.5) is 0 Å². The normalized spacial score (nSPS) is 15.5. The number of rotatable bonds is 7. The summed E-state index contributed by atoms with van der Waals surface area (Å²) in [6.45, 7) is 3.58. The monoisotopic (exact) mass is 429 g/mol. The quantitative estimate of drug-likeness (QED) is 0.400. The van der Waals surface area contributed by atoms with Crippen LogP contribution < -0.4 is 10.6 Å². The first-order chi connectivity index (χ1) is 14.7. The molecule has 8 heteroatoms. The van der Waals surface area contributed by atoms with Gasteiger partial charge in [-0.25, -0.2) is 4.98 Å². The summed E-state index contributed by atoms with van der Waals surface area (Å²) in [6.07, 6.45) is 2.56. The van der Waals surface area contributed by atoms with Gasteiger partial charge in [0.1, 0.15) is 5.15 Å². The van der Waals surface area contributed by atoms with Crippen molar-refractivity contribution in [2.75, 3.05) is 46.4 Å². The Bertz CT molecular complexity index is 823. The molecular weight excluding hydrogens is 402 g/mol. The van der Waals surface area contributed by atoms with Gasteiger partial charge >= 0.3 is 0 Å².